The van der Waals surface area contributed by atoms with Gasteiger partial charge in [0.25, 0.3) is 0 Å². The maximum absolute atomic E-state index is 6.55. The van der Waals surface area contributed by atoms with Gasteiger partial charge in [0, 0.05) is 49.4 Å². The van der Waals surface area contributed by atoms with Crippen molar-refractivity contribution in [2.24, 2.45) is 0 Å². The molecule has 0 amide bonds. The summed E-state index contributed by atoms with van der Waals surface area (Å²) in [6.07, 6.45) is 0. The van der Waals surface area contributed by atoms with Gasteiger partial charge in [0.1, 0.15) is 22.3 Å². The molecule has 304 valence electrons. The summed E-state index contributed by atoms with van der Waals surface area (Å²) in [6, 6.07) is 84.6. The SMILES string of the molecule is c1ccc(-c2cccc(-c3ccc(N(c4ccc(-c5ccc6c(c5)oc5c7ccccc7ccc65)cc4)c4ccc(-c5ccc6c(c5)oc5c7ccccc7ccc65)cc4)cc3)c2)cc1. The Hall–Kier alpha value is -8.66. The topological polar surface area (TPSA) is 29.5 Å². The molecule has 2 heterocycles. The first-order chi connectivity index (χ1) is 32.2. The summed E-state index contributed by atoms with van der Waals surface area (Å²) >= 11 is 0. The first-order valence-corrected chi connectivity index (χ1v) is 22.1. The van der Waals surface area contributed by atoms with Gasteiger partial charge in [-0.2, -0.15) is 0 Å². The summed E-state index contributed by atoms with van der Waals surface area (Å²) in [5, 5.41) is 9.16. The van der Waals surface area contributed by atoms with Gasteiger partial charge in [-0.3, -0.25) is 0 Å². The van der Waals surface area contributed by atoms with Gasteiger partial charge in [-0.25, -0.2) is 0 Å². The average molecular weight is 830 g/mol. The first-order valence-electron chi connectivity index (χ1n) is 22.1. The zero-order chi connectivity index (χ0) is 42.8. The van der Waals surface area contributed by atoms with Crippen LogP contribution in [0.5, 0.6) is 0 Å². The van der Waals surface area contributed by atoms with Gasteiger partial charge in [0.05, 0.1) is 0 Å². The highest BCUT2D eigenvalue weighted by Gasteiger charge is 2.17. The molecule has 0 atom stereocenters. The molecule has 3 nitrogen and oxygen atoms in total. The Labute approximate surface area is 375 Å². The van der Waals surface area contributed by atoms with Crippen molar-refractivity contribution in [2.45, 2.75) is 0 Å². The summed E-state index contributed by atoms with van der Waals surface area (Å²) in [6.45, 7) is 0. The van der Waals surface area contributed by atoms with Crippen molar-refractivity contribution in [3.63, 3.8) is 0 Å². The smallest absolute Gasteiger partial charge is 0.143 e. The molecule has 0 saturated heterocycles. The van der Waals surface area contributed by atoms with Crippen LogP contribution in [0.2, 0.25) is 0 Å². The molecule has 0 aliphatic carbocycles. The zero-order valence-corrected chi connectivity index (χ0v) is 35.3. The Morgan fingerprint density at radius 2 is 0.585 bits per heavy atom. The molecule has 0 spiro atoms. The maximum Gasteiger partial charge on any atom is 0.143 e. The van der Waals surface area contributed by atoms with E-state index in [0.717, 1.165) is 94.0 Å². The molecule has 0 aliphatic heterocycles. The lowest BCUT2D eigenvalue weighted by Crippen LogP contribution is -2.09. The summed E-state index contributed by atoms with van der Waals surface area (Å²) in [4.78, 5) is 2.33. The van der Waals surface area contributed by atoms with Crippen molar-refractivity contribution in [3.8, 4) is 44.5 Å². The minimum Gasteiger partial charge on any atom is -0.455 e. The van der Waals surface area contributed by atoms with Crippen LogP contribution >= 0.6 is 0 Å². The second-order valence-electron chi connectivity index (χ2n) is 16.9. The number of furan rings is 2. The molecular weight excluding hydrogens is 791 g/mol. The number of anilines is 3. The molecule has 13 aromatic rings. The van der Waals surface area contributed by atoms with Gasteiger partial charge >= 0.3 is 0 Å². The molecular formula is C62H39NO2. The van der Waals surface area contributed by atoms with Crippen molar-refractivity contribution in [3.05, 3.63) is 237 Å². The van der Waals surface area contributed by atoms with Gasteiger partial charge in [0.15, 0.2) is 0 Å². The Morgan fingerprint density at radius 3 is 1.05 bits per heavy atom. The quantitative estimate of drug-likeness (QED) is 0.160. The van der Waals surface area contributed by atoms with E-state index < -0.39 is 0 Å². The molecule has 0 bridgehead atoms. The maximum atomic E-state index is 6.55. The number of fused-ring (bicyclic) bond motifs is 10. The van der Waals surface area contributed by atoms with E-state index in [2.05, 4.69) is 241 Å². The van der Waals surface area contributed by atoms with E-state index in [1.54, 1.807) is 0 Å². The lowest BCUT2D eigenvalue weighted by atomic mass is 9.98. The first kappa shape index (κ1) is 36.9. The lowest BCUT2D eigenvalue weighted by molar-refractivity contribution is 0.672. The van der Waals surface area contributed by atoms with Crippen molar-refractivity contribution in [1.82, 2.24) is 0 Å². The van der Waals surface area contributed by atoms with Crippen LogP contribution in [-0.4, -0.2) is 0 Å². The summed E-state index contributed by atoms with van der Waals surface area (Å²) in [7, 11) is 0. The fraction of sp³-hybridized carbons (Fsp3) is 0. The van der Waals surface area contributed by atoms with E-state index in [0.29, 0.717) is 0 Å². The fourth-order valence-corrected chi connectivity index (χ4v) is 9.73. The highest BCUT2D eigenvalue weighted by atomic mass is 16.3. The molecule has 0 unspecified atom stereocenters. The van der Waals surface area contributed by atoms with Crippen molar-refractivity contribution < 1.29 is 8.83 Å². The Morgan fingerprint density at radius 1 is 0.231 bits per heavy atom. The highest BCUT2D eigenvalue weighted by molar-refractivity contribution is 6.16. The van der Waals surface area contributed by atoms with E-state index in [9.17, 15) is 0 Å². The molecule has 65 heavy (non-hydrogen) atoms. The lowest BCUT2D eigenvalue weighted by Gasteiger charge is -2.26. The van der Waals surface area contributed by atoms with Crippen LogP contribution in [0.4, 0.5) is 17.1 Å². The average Bonchev–Trinajstić information content (AvgIpc) is 3.96. The molecule has 0 N–H and O–H groups in total. The van der Waals surface area contributed by atoms with E-state index in [1.807, 2.05) is 0 Å². The largest absolute Gasteiger partial charge is 0.455 e. The van der Waals surface area contributed by atoms with Crippen LogP contribution in [0.3, 0.4) is 0 Å². The van der Waals surface area contributed by atoms with Gasteiger partial charge in [-0.15, -0.1) is 0 Å². The Bertz CT molecular complexity index is 3720. The second kappa shape index (κ2) is 15.0. The number of benzene rings is 11. The zero-order valence-electron chi connectivity index (χ0n) is 35.3. The Kier molecular flexibility index (Phi) is 8.53. The van der Waals surface area contributed by atoms with Gasteiger partial charge in [0.2, 0.25) is 0 Å². The minimum atomic E-state index is 0.891. The van der Waals surface area contributed by atoms with Crippen LogP contribution < -0.4 is 4.90 Å². The van der Waals surface area contributed by atoms with E-state index in [-0.39, 0.29) is 0 Å². The van der Waals surface area contributed by atoms with Gasteiger partial charge < -0.3 is 13.7 Å². The summed E-state index contributed by atoms with van der Waals surface area (Å²) in [5.74, 6) is 0. The normalized spacial score (nSPS) is 11.7. The molecule has 3 heteroatoms. The predicted octanol–water partition coefficient (Wildman–Crippen LogP) is 17.9. The van der Waals surface area contributed by atoms with E-state index in [4.69, 9.17) is 8.83 Å². The van der Waals surface area contributed by atoms with Crippen molar-refractivity contribution in [1.29, 1.82) is 0 Å². The third-order valence-electron chi connectivity index (χ3n) is 13.1. The fourth-order valence-electron chi connectivity index (χ4n) is 9.73. The monoisotopic (exact) mass is 829 g/mol. The second-order valence-corrected chi connectivity index (χ2v) is 16.9. The number of hydrogen-bond donors (Lipinski definition) is 0. The molecule has 0 radical (unpaired) electrons. The van der Waals surface area contributed by atoms with Crippen LogP contribution in [-0.2, 0) is 0 Å². The number of hydrogen-bond acceptors (Lipinski definition) is 3. The Balaban J connectivity index is 0.862. The number of nitrogens with zero attached hydrogens (tertiary/aromatic N) is 1. The molecule has 0 fully saturated rings. The van der Waals surface area contributed by atoms with Crippen LogP contribution in [0.15, 0.2) is 245 Å². The van der Waals surface area contributed by atoms with Gasteiger partial charge in [-0.05, 0) is 134 Å². The van der Waals surface area contributed by atoms with E-state index >= 15 is 0 Å². The molecule has 11 aromatic carbocycles. The summed E-state index contributed by atoms with van der Waals surface area (Å²) < 4.78 is 13.1. The standard InChI is InChI=1S/C62H39NO2/c1-2-9-40(10-3-1)46-13-8-14-47(37-46)41-17-27-50(28-18-41)63(51-29-19-42(20-30-51)48-25-33-55-57-35-23-44-11-4-6-15-53(44)61(57)64-59(55)38-48)52-31-21-43(22-32-52)49-26-34-56-58-36-24-45-12-5-7-16-54(45)62(58)65-60(56)39-49/h1-39H. The van der Waals surface area contributed by atoms with Crippen molar-refractivity contribution >= 4 is 82.5 Å². The highest BCUT2D eigenvalue weighted by Crippen LogP contribution is 2.41. The molecule has 13 rings (SSSR count). The third-order valence-corrected chi connectivity index (χ3v) is 13.1. The van der Waals surface area contributed by atoms with Crippen LogP contribution in [0.1, 0.15) is 0 Å². The summed E-state index contributed by atoms with van der Waals surface area (Å²) in [5.41, 5.74) is 16.1. The van der Waals surface area contributed by atoms with Crippen LogP contribution in [0, 0.1) is 0 Å². The predicted molar refractivity (Wildman–Crippen MR) is 272 cm³/mol. The molecule has 0 saturated carbocycles. The van der Waals surface area contributed by atoms with Crippen LogP contribution in [0.25, 0.3) is 110 Å². The van der Waals surface area contributed by atoms with Gasteiger partial charge in [-0.1, -0.05) is 158 Å². The number of rotatable bonds is 7. The minimum absolute atomic E-state index is 0.891. The molecule has 2 aromatic heterocycles. The third kappa shape index (κ3) is 6.36. The molecule has 0 aliphatic rings. The van der Waals surface area contributed by atoms with Crippen molar-refractivity contribution in [2.75, 3.05) is 4.90 Å². The van der Waals surface area contributed by atoms with E-state index in [1.165, 1.54) is 33.0 Å².